The van der Waals surface area contributed by atoms with Crippen LogP contribution in [0.5, 0.6) is 0 Å². The first-order chi connectivity index (χ1) is 6.79. The van der Waals surface area contributed by atoms with Crippen LogP contribution in [-0.2, 0) is 0 Å². The van der Waals surface area contributed by atoms with E-state index < -0.39 is 0 Å². The number of nitrogens with one attached hydrogen (secondary N) is 1. The Hall–Kier alpha value is -0.0800. The van der Waals surface area contributed by atoms with Crippen LogP contribution in [0.15, 0.2) is 0 Å². The maximum Gasteiger partial charge on any atom is 0.0192 e. The molecule has 0 aromatic rings. The lowest BCUT2D eigenvalue weighted by atomic mass is 10.0. The predicted octanol–water partition coefficient (Wildman–Crippen LogP) is 2.35. The van der Waals surface area contributed by atoms with Crippen LogP contribution in [0, 0.1) is 11.8 Å². The second kappa shape index (κ2) is 4.84. The van der Waals surface area contributed by atoms with Gasteiger partial charge in [0.25, 0.3) is 0 Å². The van der Waals surface area contributed by atoms with E-state index in [4.69, 9.17) is 0 Å². The largest absolute Gasteiger partial charge is 0.311 e. The molecule has 0 radical (unpaired) electrons. The van der Waals surface area contributed by atoms with Crippen LogP contribution in [0.3, 0.4) is 0 Å². The molecule has 3 unspecified atom stereocenters. The van der Waals surface area contributed by atoms with Gasteiger partial charge in [-0.25, -0.2) is 0 Å². The Kier molecular flexibility index (Phi) is 4.19. The molecule has 0 aromatic heterocycles. The quantitative estimate of drug-likeness (QED) is 0.772. The zero-order valence-electron chi connectivity index (χ0n) is 11.3. The first-order valence-electron chi connectivity index (χ1n) is 6.28. The Morgan fingerprint density at radius 3 is 2.07 bits per heavy atom. The van der Waals surface area contributed by atoms with E-state index in [1.165, 1.54) is 13.1 Å². The van der Waals surface area contributed by atoms with Gasteiger partial charge in [-0.1, -0.05) is 13.8 Å². The Morgan fingerprint density at radius 1 is 1.20 bits per heavy atom. The van der Waals surface area contributed by atoms with E-state index in [-0.39, 0.29) is 5.54 Å². The van der Waals surface area contributed by atoms with Gasteiger partial charge in [0.2, 0.25) is 0 Å². The van der Waals surface area contributed by atoms with Crippen molar-refractivity contribution in [2.45, 2.75) is 53.1 Å². The molecule has 0 aromatic carbocycles. The normalized spacial score (nSPS) is 30.8. The lowest BCUT2D eigenvalue weighted by molar-refractivity contribution is 0.227. The topological polar surface area (TPSA) is 15.3 Å². The van der Waals surface area contributed by atoms with E-state index in [9.17, 15) is 0 Å². The molecular formula is C13H28N2. The van der Waals surface area contributed by atoms with Gasteiger partial charge >= 0.3 is 0 Å². The van der Waals surface area contributed by atoms with E-state index in [1.54, 1.807) is 0 Å². The molecule has 2 heteroatoms. The van der Waals surface area contributed by atoms with E-state index in [1.807, 2.05) is 0 Å². The molecule has 1 N–H and O–H groups in total. The van der Waals surface area contributed by atoms with Gasteiger partial charge in [0, 0.05) is 31.2 Å². The number of rotatable bonds is 3. The van der Waals surface area contributed by atoms with Crippen molar-refractivity contribution in [3.05, 3.63) is 0 Å². The fourth-order valence-corrected chi connectivity index (χ4v) is 2.12. The van der Waals surface area contributed by atoms with Gasteiger partial charge in [0.05, 0.1) is 0 Å². The second-order valence-electron chi connectivity index (χ2n) is 6.39. The third-order valence-electron chi connectivity index (χ3n) is 3.57. The Bertz CT molecular complexity index is 185. The molecule has 1 saturated heterocycles. The third kappa shape index (κ3) is 4.12. The maximum atomic E-state index is 3.59. The molecule has 3 atom stereocenters. The Morgan fingerprint density at radius 2 is 1.67 bits per heavy atom. The van der Waals surface area contributed by atoms with E-state index in [0.717, 1.165) is 18.4 Å². The highest BCUT2D eigenvalue weighted by atomic mass is 15.2. The molecule has 1 aliphatic heterocycles. The molecule has 15 heavy (non-hydrogen) atoms. The van der Waals surface area contributed by atoms with Crippen molar-refractivity contribution in [3.63, 3.8) is 0 Å². The molecule has 2 nitrogen and oxygen atoms in total. The summed E-state index contributed by atoms with van der Waals surface area (Å²) in [7, 11) is 0. The van der Waals surface area contributed by atoms with E-state index in [2.05, 4.69) is 51.8 Å². The van der Waals surface area contributed by atoms with E-state index in [0.29, 0.717) is 6.04 Å². The van der Waals surface area contributed by atoms with Gasteiger partial charge in [0.15, 0.2) is 0 Å². The van der Waals surface area contributed by atoms with Crippen LogP contribution >= 0.6 is 0 Å². The highest BCUT2D eigenvalue weighted by Crippen LogP contribution is 2.23. The van der Waals surface area contributed by atoms with Crippen LogP contribution in [-0.4, -0.2) is 36.1 Å². The monoisotopic (exact) mass is 212 g/mol. The zero-order chi connectivity index (χ0) is 11.6. The molecule has 1 rings (SSSR count). The molecule has 1 heterocycles. The first kappa shape index (κ1) is 13.0. The first-order valence-corrected chi connectivity index (χ1v) is 6.28. The van der Waals surface area contributed by atoms with Crippen LogP contribution in [0.25, 0.3) is 0 Å². The highest BCUT2D eigenvalue weighted by Gasteiger charge is 2.29. The summed E-state index contributed by atoms with van der Waals surface area (Å²) in [4.78, 5) is 2.62. The summed E-state index contributed by atoms with van der Waals surface area (Å²) in [6.07, 6.45) is 0. The zero-order valence-corrected chi connectivity index (χ0v) is 11.3. The molecular weight excluding hydrogens is 184 g/mol. The fraction of sp³-hybridized carbons (Fsp3) is 1.00. The minimum absolute atomic E-state index is 0.241. The van der Waals surface area contributed by atoms with Crippen molar-refractivity contribution in [1.82, 2.24) is 10.2 Å². The summed E-state index contributed by atoms with van der Waals surface area (Å²) < 4.78 is 0. The van der Waals surface area contributed by atoms with Gasteiger partial charge in [-0.15, -0.1) is 0 Å². The number of nitrogens with zero attached hydrogens (tertiary/aromatic N) is 1. The van der Waals surface area contributed by atoms with Gasteiger partial charge < -0.3 is 5.32 Å². The molecule has 0 amide bonds. The molecule has 0 bridgehead atoms. The predicted molar refractivity (Wildman–Crippen MR) is 67.1 cm³/mol. The van der Waals surface area contributed by atoms with E-state index >= 15 is 0 Å². The molecule has 1 fully saturated rings. The highest BCUT2D eigenvalue weighted by molar-refractivity contribution is 4.84. The van der Waals surface area contributed by atoms with Crippen molar-refractivity contribution in [2.24, 2.45) is 11.8 Å². The average Bonchev–Trinajstić information content (AvgIpc) is 2.42. The van der Waals surface area contributed by atoms with Gasteiger partial charge in [-0.2, -0.15) is 0 Å². The smallest absolute Gasteiger partial charge is 0.0192 e. The van der Waals surface area contributed by atoms with Crippen LogP contribution in [0.2, 0.25) is 0 Å². The second-order valence-corrected chi connectivity index (χ2v) is 6.39. The summed E-state index contributed by atoms with van der Waals surface area (Å²) in [6, 6.07) is 0.664. The summed E-state index contributed by atoms with van der Waals surface area (Å²) in [5.74, 6) is 1.73. The third-order valence-corrected chi connectivity index (χ3v) is 3.57. The van der Waals surface area contributed by atoms with Crippen molar-refractivity contribution in [3.8, 4) is 0 Å². The fourth-order valence-electron chi connectivity index (χ4n) is 2.12. The SMILES string of the molecule is CC1CN(C(C)CNC(C)(C)C)CC1C. The Balaban J connectivity index is 2.32. The summed E-state index contributed by atoms with van der Waals surface area (Å²) >= 11 is 0. The van der Waals surface area contributed by atoms with Crippen LogP contribution in [0.4, 0.5) is 0 Å². The molecule has 1 aliphatic rings. The van der Waals surface area contributed by atoms with Crippen molar-refractivity contribution >= 4 is 0 Å². The Labute approximate surface area is 95.4 Å². The van der Waals surface area contributed by atoms with Gasteiger partial charge in [0.1, 0.15) is 0 Å². The van der Waals surface area contributed by atoms with Crippen LogP contribution < -0.4 is 5.32 Å². The summed E-state index contributed by atoms with van der Waals surface area (Å²) in [5, 5.41) is 3.59. The van der Waals surface area contributed by atoms with Crippen molar-refractivity contribution in [1.29, 1.82) is 0 Å². The lowest BCUT2D eigenvalue weighted by Gasteiger charge is -2.29. The standard InChI is InChI=1S/C13H28N2/c1-10-8-15(9-11(10)2)12(3)7-14-13(4,5)6/h10-12,14H,7-9H2,1-6H3. The summed E-state index contributed by atoms with van der Waals surface area (Å²) in [5.41, 5.74) is 0.241. The maximum absolute atomic E-state index is 3.59. The van der Waals surface area contributed by atoms with Crippen molar-refractivity contribution < 1.29 is 0 Å². The number of hydrogen-bond acceptors (Lipinski definition) is 2. The molecule has 90 valence electrons. The number of hydrogen-bond donors (Lipinski definition) is 1. The average molecular weight is 212 g/mol. The molecule has 0 saturated carbocycles. The van der Waals surface area contributed by atoms with Crippen molar-refractivity contribution in [2.75, 3.05) is 19.6 Å². The lowest BCUT2D eigenvalue weighted by Crippen LogP contribution is -2.45. The summed E-state index contributed by atoms with van der Waals surface area (Å²) in [6.45, 7) is 17.4. The minimum atomic E-state index is 0.241. The van der Waals surface area contributed by atoms with Gasteiger partial charge in [-0.3, -0.25) is 4.90 Å². The van der Waals surface area contributed by atoms with Crippen LogP contribution in [0.1, 0.15) is 41.5 Å². The molecule has 0 spiro atoms. The molecule has 0 aliphatic carbocycles. The van der Waals surface area contributed by atoms with Gasteiger partial charge in [-0.05, 0) is 39.5 Å². The number of likely N-dealkylation sites (tertiary alicyclic amines) is 1. The minimum Gasteiger partial charge on any atom is -0.311 e.